The number of halogens is 1. The zero-order chi connectivity index (χ0) is 13.7. The van der Waals surface area contributed by atoms with Crippen LogP contribution >= 0.6 is 11.6 Å². The van der Waals surface area contributed by atoms with Crippen molar-refractivity contribution in [2.24, 2.45) is 0 Å². The molecule has 1 aromatic carbocycles. The average Bonchev–Trinajstić information content (AvgIpc) is 2.31. The van der Waals surface area contributed by atoms with E-state index < -0.39 is 11.9 Å². The predicted octanol–water partition coefficient (Wildman–Crippen LogP) is 1.63. The normalized spacial score (nSPS) is 9.94. The molecular formula is C11H12ClNO5. The molecule has 0 saturated heterocycles. The van der Waals surface area contributed by atoms with Gasteiger partial charge in [-0.2, -0.15) is 0 Å². The molecule has 6 nitrogen and oxygen atoms in total. The zero-order valence-electron chi connectivity index (χ0n) is 9.82. The number of rotatable bonds is 5. The highest BCUT2D eigenvalue weighted by molar-refractivity contribution is 6.34. The van der Waals surface area contributed by atoms with Crippen LogP contribution in [0.4, 0.5) is 5.69 Å². The van der Waals surface area contributed by atoms with Gasteiger partial charge in [-0.3, -0.25) is 4.79 Å². The van der Waals surface area contributed by atoms with Crippen LogP contribution in [0.15, 0.2) is 12.1 Å². The molecular weight excluding hydrogens is 262 g/mol. The molecule has 0 aliphatic heterocycles. The minimum absolute atomic E-state index is 0.0766. The molecule has 1 aromatic rings. The summed E-state index contributed by atoms with van der Waals surface area (Å²) in [5.74, 6) is -1.45. The van der Waals surface area contributed by atoms with Crippen molar-refractivity contribution in [3.05, 3.63) is 22.7 Å². The van der Waals surface area contributed by atoms with E-state index in [9.17, 15) is 9.59 Å². The topological polar surface area (TPSA) is 84.9 Å². The molecule has 0 aromatic heterocycles. The summed E-state index contributed by atoms with van der Waals surface area (Å²) in [5.41, 5.74) is 0.188. The fourth-order valence-corrected chi connectivity index (χ4v) is 1.51. The highest BCUT2D eigenvalue weighted by Gasteiger charge is 2.16. The standard InChI is InChI=1S/C11H12ClNO5/c1-17-5-10(14)13-8-4-9(18-2)6(11(15)16)3-7(8)12/h3-4H,5H2,1-2H3,(H,13,14)(H,15,16). The van der Waals surface area contributed by atoms with Gasteiger partial charge in [0.15, 0.2) is 0 Å². The maximum absolute atomic E-state index is 11.3. The molecule has 0 bridgehead atoms. The Hall–Kier alpha value is -1.79. The Balaban J connectivity index is 3.07. The number of carbonyl (C=O) groups excluding carboxylic acids is 1. The highest BCUT2D eigenvalue weighted by atomic mass is 35.5. The minimum Gasteiger partial charge on any atom is -0.496 e. The third kappa shape index (κ3) is 3.35. The molecule has 7 heteroatoms. The van der Waals surface area contributed by atoms with Crippen LogP contribution in [0.2, 0.25) is 5.02 Å². The van der Waals surface area contributed by atoms with Crippen LogP contribution in [-0.4, -0.2) is 37.8 Å². The molecule has 2 N–H and O–H groups in total. The number of carboxylic acid groups (broad SMARTS) is 1. The fraction of sp³-hybridized carbons (Fsp3) is 0.273. The largest absolute Gasteiger partial charge is 0.496 e. The van der Waals surface area contributed by atoms with E-state index in [-0.39, 0.29) is 28.6 Å². The van der Waals surface area contributed by atoms with Crippen LogP contribution < -0.4 is 10.1 Å². The molecule has 18 heavy (non-hydrogen) atoms. The first-order valence-corrected chi connectivity index (χ1v) is 5.27. The van der Waals surface area contributed by atoms with Crippen molar-refractivity contribution in [3.8, 4) is 5.75 Å². The van der Waals surface area contributed by atoms with E-state index in [1.807, 2.05) is 0 Å². The molecule has 0 radical (unpaired) electrons. The van der Waals surface area contributed by atoms with Crippen molar-refractivity contribution in [3.63, 3.8) is 0 Å². The summed E-state index contributed by atoms with van der Waals surface area (Å²) in [4.78, 5) is 22.3. The molecule has 0 aliphatic carbocycles. The molecule has 0 unspecified atom stereocenters. The number of carboxylic acids is 1. The molecule has 1 rings (SSSR count). The first-order valence-electron chi connectivity index (χ1n) is 4.89. The van der Waals surface area contributed by atoms with Crippen LogP contribution in [0.1, 0.15) is 10.4 Å². The van der Waals surface area contributed by atoms with Gasteiger partial charge in [0.05, 0.1) is 17.8 Å². The van der Waals surface area contributed by atoms with Crippen LogP contribution in [-0.2, 0) is 9.53 Å². The quantitative estimate of drug-likeness (QED) is 0.852. The number of amides is 1. The molecule has 0 fully saturated rings. The van der Waals surface area contributed by atoms with Gasteiger partial charge in [0.25, 0.3) is 0 Å². The molecule has 0 aliphatic rings. The van der Waals surface area contributed by atoms with Crippen LogP contribution in [0.5, 0.6) is 5.75 Å². The number of methoxy groups -OCH3 is 2. The van der Waals surface area contributed by atoms with Crippen molar-refractivity contribution in [2.75, 3.05) is 26.1 Å². The smallest absolute Gasteiger partial charge is 0.339 e. The minimum atomic E-state index is -1.16. The predicted molar refractivity (Wildman–Crippen MR) is 65.5 cm³/mol. The van der Waals surface area contributed by atoms with Gasteiger partial charge < -0.3 is 19.9 Å². The SMILES string of the molecule is COCC(=O)Nc1cc(OC)c(C(=O)O)cc1Cl. The summed E-state index contributed by atoms with van der Waals surface area (Å²) in [7, 11) is 2.71. The van der Waals surface area contributed by atoms with Gasteiger partial charge in [-0.05, 0) is 6.07 Å². The number of carbonyl (C=O) groups is 2. The van der Waals surface area contributed by atoms with Crippen molar-refractivity contribution < 1.29 is 24.2 Å². The Morgan fingerprint density at radius 1 is 1.39 bits per heavy atom. The average molecular weight is 274 g/mol. The Morgan fingerprint density at radius 2 is 2.06 bits per heavy atom. The third-order valence-electron chi connectivity index (χ3n) is 2.07. The van der Waals surface area contributed by atoms with Gasteiger partial charge >= 0.3 is 5.97 Å². The Morgan fingerprint density at radius 3 is 2.56 bits per heavy atom. The first-order chi connectivity index (χ1) is 8.49. The van der Waals surface area contributed by atoms with E-state index in [0.29, 0.717) is 0 Å². The molecule has 1 amide bonds. The van der Waals surface area contributed by atoms with E-state index >= 15 is 0 Å². The van der Waals surface area contributed by atoms with Gasteiger partial charge in [0.2, 0.25) is 5.91 Å². The lowest BCUT2D eigenvalue weighted by molar-refractivity contribution is -0.119. The van der Waals surface area contributed by atoms with E-state index in [2.05, 4.69) is 10.1 Å². The first kappa shape index (κ1) is 14.3. The fourth-order valence-electron chi connectivity index (χ4n) is 1.30. The lowest BCUT2D eigenvalue weighted by Crippen LogP contribution is -2.17. The van der Waals surface area contributed by atoms with E-state index in [0.717, 1.165) is 0 Å². The number of anilines is 1. The zero-order valence-corrected chi connectivity index (χ0v) is 10.6. The highest BCUT2D eigenvalue weighted by Crippen LogP contribution is 2.30. The molecule has 0 spiro atoms. The summed E-state index contributed by atoms with van der Waals surface area (Å²) >= 11 is 5.87. The van der Waals surface area contributed by atoms with Gasteiger partial charge in [0.1, 0.15) is 17.9 Å². The second-order valence-corrected chi connectivity index (χ2v) is 3.73. The number of hydrogen-bond donors (Lipinski definition) is 2. The molecule has 0 heterocycles. The van der Waals surface area contributed by atoms with Gasteiger partial charge in [-0.1, -0.05) is 11.6 Å². The van der Waals surface area contributed by atoms with Crippen LogP contribution in [0.25, 0.3) is 0 Å². The number of benzene rings is 1. The summed E-state index contributed by atoms with van der Waals surface area (Å²) in [6.45, 7) is -0.126. The number of ether oxygens (including phenoxy) is 2. The van der Waals surface area contributed by atoms with Crippen LogP contribution in [0.3, 0.4) is 0 Å². The van der Waals surface area contributed by atoms with Crippen molar-refractivity contribution in [1.29, 1.82) is 0 Å². The maximum Gasteiger partial charge on any atom is 0.339 e. The maximum atomic E-state index is 11.3. The van der Waals surface area contributed by atoms with Crippen LogP contribution in [0, 0.1) is 0 Å². The monoisotopic (exact) mass is 273 g/mol. The van der Waals surface area contributed by atoms with Gasteiger partial charge in [-0.15, -0.1) is 0 Å². The lowest BCUT2D eigenvalue weighted by Gasteiger charge is -2.11. The van der Waals surface area contributed by atoms with E-state index in [1.54, 1.807) is 0 Å². The molecule has 0 atom stereocenters. The van der Waals surface area contributed by atoms with Crippen molar-refractivity contribution in [2.45, 2.75) is 0 Å². The van der Waals surface area contributed by atoms with Gasteiger partial charge in [-0.25, -0.2) is 4.79 Å². The summed E-state index contributed by atoms with van der Waals surface area (Å²) < 4.78 is 9.58. The van der Waals surface area contributed by atoms with Gasteiger partial charge in [0, 0.05) is 13.2 Å². The molecule has 0 saturated carbocycles. The Kier molecular flexibility index (Phi) is 4.94. The molecule has 98 valence electrons. The summed E-state index contributed by atoms with van der Waals surface area (Å²) in [6, 6.07) is 2.56. The number of hydrogen-bond acceptors (Lipinski definition) is 4. The van der Waals surface area contributed by atoms with Crippen molar-refractivity contribution in [1.82, 2.24) is 0 Å². The Labute approximate surface area is 108 Å². The number of nitrogens with one attached hydrogen (secondary N) is 1. The lowest BCUT2D eigenvalue weighted by atomic mass is 10.2. The summed E-state index contributed by atoms with van der Waals surface area (Å²) in [6.07, 6.45) is 0. The number of aromatic carboxylic acids is 1. The van der Waals surface area contributed by atoms with E-state index in [1.165, 1.54) is 26.4 Å². The summed E-state index contributed by atoms with van der Waals surface area (Å²) in [5, 5.41) is 11.5. The second kappa shape index (κ2) is 6.23. The Bertz CT molecular complexity index is 475. The van der Waals surface area contributed by atoms with Crippen molar-refractivity contribution >= 4 is 29.2 Å². The van der Waals surface area contributed by atoms with E-state index in [4.69, 9.17) is 21.4 Å². The second-order valence-electron chi connectivity index (χ2n) is 3.32. The third-order valence-corrected chi connectivity index (χ3v) is 2.38.